The molecule has 0 rings (SSSR count). The standard InChI is InChI=1S/C8H18OS/c1-3-8(2)7-9-5-4-6-10/h8,10H,3-7H2,1-2H3. The van der Waals surface area contributed by atoms with Crippen LogP contribution in [-0.2, 0) is 4.74 Å². The van der Waals surface area contributed by atoms with Gasteiger partial charge in [-0.1, -0.05) is 20.3 Å². The van der Waals surface area contributed by atoms with Crippen LogP contribution in [0.15, 0.2) is 0 Å². The van der Waals surface area contributed by atoms with Gasteiger partial charge in [-0.25, -0.2) is 0 Å². The van der Waals surface area contributed by atoms with Gasteiger partial charge in [0.25, 0.3) is 0 Å². The predicted molar refractivity (Wildman–Crippen MR) is 48.7 cm³/mol. The van der Waals surface area contributed by atoms with E-state index in [9.17, 15) is 0 Å². The minimum absolute atomic E-state index is 0.708. The summed E-state index contributed by atoms with van der Waals surface area (Å²) in [5, 5.41) is 0. The Kier molecular flexibility index (Phi) is 7.65. The van der Waals surface area contributed by atoms with Gasteiger partial charge in [0.1, 0.15) is 0 Å². The van der Waals surface area contributed by atoms with Crippen molar-refractivity contribution < 1.29 is 4.74 Å². The fraction of sp³-hybridized carbons (Fsp3) is 1.00. The van der Waals surface area contributed by atoms with Crippen LogP contribution in [0.2, 0.25) is 0 Å². The molecule has 62 valence electrons. The van der Waals surface area contributed by atoms with Crippen LogP contribution in [0.25, 0.3) is 0 Å². The minimum atomic E-state index is 0.708. The van der Waals surface area contributed by atoms with E-state index in [4.69, 9.17) is 4.74 Å². The molecular formula is C8H18OS. The monoisotopic (exact) mass is 162 g/mol. The van der Waals surface area contributed by atoms with Gasteiger partial charge in [0.05, 0.1) is 0 Å². The maximum Gasteiger partial charge on any atom is 0.0491 e. The van der Waals surface area contributed by atoms with E-state index in [0.29, 0.717) is 5.92 Å². The number of hydrogen-bond acceptors (Lipinski definition) is 2. The number of thiol groups is 1. The molecule has 0 radical (unpaired) electrons. The lowest BCUT2D eigenvalue weighted by Gasteiger charge is -2.07. The topological polar surface area (TPSA) is 9.23 Å². The van der Waals surface area contributed by atoms with Crippen LogP contribution < -0.4 is 0 Å². The van der Waals surface area contributed by atoms with Crippen molar-refractivity contribution in [1.29, 1.82) is 0 Å². The lowest BCUT2D eigenvalue weighted by atomic mass is 10.1. The molecule has 0 bridgehead atoms. The largest absolute Gasteiger partial charge is 0.381 e. The van der Waals surface area contributed by atoms with Gasteiger partial charge in [-0.2, -0.15) is 12.6 Å². The van der Waals surface area contributed by atoms with Crippen LogP contribution in [-0.4, -0.2) is 19.0 Å². The Morgan fingerprint density at radius 1 is 1.50 bits per heavy atom. The normalized spacial score (nSPS) is 13.5. The van der Waals surface area contributed by atoms with E-state index in [2.05, 4.69) is 26.5 Å². The van der Waals surface area contributed by atoms with Gasteiger partial charge < -0.3 is 4.74 Å². The Hall–Kier alpha value is 0.310. The Morgan fingerprint density at radius 3 is 2.70 bits per heavy atom. The van der Waals surface area contributed by atoms with E-state index >= 15 is 0 Å². The Balaban J connectivity index is 2.89. The summed E-state index contributed by atoms with van der Waals surface area (Å²) in [6.45, 7) is 6.17. The van der Waals surface area contributed by atoms with Crippen molar-refractivity contribution in [3.63, 3.8) is 0 Å². The van der Waals surface area contributed by atoms with Gasteiger partial charge in [0.15, 0.2) is 0 Å². The third-order valence-corrected chi connectivity index (χ3v) is 1.86. The second kappa shape index (κ2) is 7.42. The van der Waals surface area contributed by atoms with Crippen LogP contribution >= 0.6 is 12.6 Å². The van der Waals surface area contributed by atoms with Gasteiger partial charge >= 0.3 is 0 Å². The van der Waals surface area contributed by atoms with Gasteiger partial charge in [0, 0.05) is 13.2 Å². The number of ether oxygens (including phenoxy) is 1. The molecule has 1 unspecified atom stereocenters. The SMILES string of the molecule is CCC(C)COCCCS. The van der Waals surface area contributed by atoms with Gasteiger partial charge in [0.2, 0.25) is 0 Å². The molecule has 0 saturated heterocycles. The first kappa shape index (κ1) is 10.3. The van der Waals surface area contributed by atoms with Gasteiger partial charge in [-0.15, -0.1) is 0 Å². The summed E-state index contributed by atoms with van der Waals surface area (Å²) < 4.78 is 5.38. The molecule has 0 aromatic carbocycles. The molecule has 0 aliphatic heterocycles. The Labute approximate surface area is 69.6 Å². The maximum atomic E-state index is 5.38. The van der Waals surface area contributed by atoms with Crippen molar-refractivity contribution in [2.75, 3.05) is 19.0 Å². The fourth-order valence-corrected chi connectivity index (χ4v) is 0.698. The summed E-state index contributed by atoms with van der Waals surface area (Å²) in [6, 6.07) is 0. The summed E-state index contributed by atoms with van der Waals surface area (Å²) >= 11 is 4.09. The summed E-state index contributed by atoms with van der Waals surface area (Å²) in [4.78, 5) is 0. The van der Waals surface area contributed by atoms with Crippen molar-refractivity contribution in [2.45, 2.75) is 26.7 Å². The molecule has 0 aliphatic carbocycles. The number of hydrogen-bond donors (Lipinski definition) is 1. The van der Waals surface area contributed by atoms with Crippen LogP contribution in [0.5, 0.6) is 0 Å². The highest BCUT2D eigenvalue weighted by molar-refractivity contribution is 7.80. The highest BCUT2D eigenvalue weighted by Gasteiger charge is 1.96. The molecule has 0 aromatic heterocycles. The third-order valence-electron chi connectivity index (χ3n) is 1.55. The Bertz CT molecular complexity index is 66.3. The second-order valence-electron chi connectivity index (χ2n) is 2.67. The molecule has 0 spiro atoms. The van der Waals surface area contributed by atoms with E-state index in [-0.39, 0.29) is 0 Å². The zero-order chi connectivity index (χ0) is 7.82. The van der Waals surface area contributed by atoms with Crippen molar-refractivity contribution >= 4 is 12.6 Å². The fourth-order valence-electron chi connectivity index (χ4n) is 0.569. The zero-order valence-electron chi connectivity index (χ0n) is 6.97. The van der Waals surface area contributed by atoms with E-state index < -0.39 is 0 Å². The molecule has 0 heterocycles. The molecule has 0 saturated carbocycles. The maximum absolute atomic E-state index is 5.38. The van der Waals surface area contributed by atoms with Crippen LogP contribution in [0.4, 0.5) is 0 Å². The first-order chi connectivity index (χ1) is 4.81. The molecule has 0 aromatic rings. The van der Waals surface area contributed by atoms with Gasteiger partial charge in [-0.3, -0.25) is 0 Å². The van der Waals surface area contributed by atoms with E-state index in [1.807, 2.05) is 0 Å². The Morgan fingerprint density at radius 2 is 2.20 bits per heavy atom. The molecule has 1 atom stereocenters. The smallest absolute Gasteiger partial charge is 0.0491 e. The minimum Gasteiger partial charge on any atom is -0.381 e. The molecule has 0 aliphatic rings. The van der Waals surface area contributed by atoms with Crippen LogP contribution in [0.1, 0.15) is 26.7 Å². The average Bonchev–Trinajstić information content (AvgIpc) is 1.98. The lowest BCUT2D eigenvalue weighted by Crippen LogP contribution is -2.05. The highest BCUT2D eigenvalue weighted by atomic mass is 32.1. The molecule has 1 nitrogen and oxygen atoms in total. The third kappa shape index (κ3) is 6.43. The van der Waals surface area contributed by atoms with Gasteiger partial charge in [-0.05, 0) is 18.1 Å². The number of rotatable bonds is 6. The molecule has 10 heavy (non-hydrogen) atoms. The molecule has 0 fully saturated rings. The molecule has 0 amide bonds. The predicted octanol–water partition coefficient (Wildman–Crippen LogP) is 2.37. The summed E-state index contributed by atoms with van der Waals surface area (Å²) in [6.07, 6.45) is 2.28. The highest BCUT2D eigenvalue weighted by Crippen LogP contribution is 2.00. The van der Waals surface area contributed by atoms with Crippen LogP contribution in [0.3, 0.4) is 0 Å². The summed E-state index contributed by atoms with van der Waals surface area (Å²) in [7, 11) is 0. The summed E-state index contributed by atoms with van der Waals surface area (Å²) in [5.41, 5.74) is 0. The average molecular weight is 162 g/mol. The molecule has 0 N–H and O–H groups in total. The van der Waals surface area contributed by atoms with Crippen molar-refractivity contribution in [3.05, 3.63) is 0 Å². The second-order valence-corrected chi connectivity index (χ2v) is 3.11. The van der Waals surface area contributed by atoms with E-state index in [1.54, 1.807) is 0 Å². The van der Waals surface area contributed by atoms with E-state index in [0.717, 1.165) is 25.4 Å². The summed E-state index contributed by atoms with van der Waals surface area (Å²) in [5.74, 6) is 1.64. The first-order valence-corrected chi connectivity index (χ1v) is 4.63. The van der Waals surface area contributed by atoms with E-state index in [1.165, 1.54) is 6.42 Å². The zero-order valence-corrected chi connectivity index (χ0v) is 7.86. The van der Waals surface area contributed by atoms with Crippen molar-refractivity contribution in [1.82, 2.24) is 0 Å². The molecular weight excluding hydrogens is 144 g/mol. The van der Waals surface area contributed by atoms with Crippen molar-refractivity contribution in [2.24, 2.45) is 5.92 Å². The quantitative estimate of drug-likeness (QED) is 0.466. The lowest BCUT2D eigenvalue weighted by molar-refractivity contribution is 0.105. The van der Waals surface area contributed by atoms with Crippen molar-refractivity contribution in [3.8, 4) is 0 Å². The first-order valence-electron chi connectivity index (χ1n) is 3.99. The van der Waals surface area contributed by atoms with Crippen LogP contribution in [0, 0.1) is 5.92 Å². The molecule has 2 heteroatoms.